The molecule has 10 N–H and O–H groups in total. The molecule has 176 valence electrons. The highest BCUT2D eigenvalue weighted by Crippen LogP contribution is 2.40. The van der Waals surface area contributed by atoms with E-state index < -0.39 is 39.6 Å². The van der Waals surface area contributed by atoms with Crippen LogP contribution >= 0.6 is 23.1 Å². The number of carboxylic acid groups (broad SMARTS) is 1. The monoisotopic (exact) mass is 510 g/mol. The molecule has 2 aliphatic heterocycles. The van der Waals surface area contributed by atoms with Crippen LogP contribution in [0, 0.1) is 0 Å². The Morgan fingerprint density at radius 3 is 2.44 bits per heavy atom. The summed E-state index contributed by atoms with van der Waals surface area (Å²) in [5.74, 6) is -2.27. The minimum absolute atomic E-state index is 0. The van der Waals surface area contributed by atoms with Crippen molar-refractivity contribution in [3.63, 3.8) is 0 Å². The lowest BCUT2D eigenvalue weighted by atomic mass is 10.0. The van der Waals surface area contributed by atoms with Crippen LogP contribution in [0.3, 0.4) is 0 Å². The zero-order chi connectivity index (χ0) is 23.5. The predicted octanol–water partition coefficient (Wildman–Crippen LogP) is -0.663. The molecule has 0 spiro atoms. The van der Waals surface area contributed by atoms with Crippen molar-refractivity contribution < 1.29 is 42.2 Å². The van der Waals surface area contributed by atoms with Crippen molar-refractivity contribution in [2.75, 3.05) is 11.5 Å². The Bertz CT molecular complexity index is 1090. The van der Waals surface area contributed by atoms with Crippen LogP contribution in [0.25, 0.3) is 0 Å². The van der Waals surface area contributed by atoms with Crippen LogP contribution in [0.1, 0.15) is 5.69 Å². The molecular weight excluding hydrogens is 492 g/mol. The van der Waals surface area contributed by atoms with Gasteiger partial charge in [-0.15, -0.1) is 23.1 Å². The number of nitrogens with one attached hydrogen (secondary N) is 1. The molecule has 32 heavy (non-hydrogen) atoms. The number of hydrogen-bond acceptors (Lipinski definition) is 12. The lowest BCUT2D eigenvalue weighted by molar-refractivity contribution is -0.150. The highest BCUT2D eigenvalue weighted by atomic mass is 32.3. The van der Waals surface area contributed by atoms with Crippen molar-refractivity contribution in [3.05, 3.63) is 35.0 Å². The van der Waals surface area contributed by atoms with Crippen LogP contribution in [0.15, 0.2) is 34.5 Å². The number of oxime groups is 1. The number of thiazole rings is 1. The number of aliphatic carboxylic acids is 1. The maximum absolute atomic E-state index is 12.4. The first-order valence-electron chi connectivity index (χ1n) is 7.86. The van der Waals surface area contributed by atoms with E-state index in [0.717, 1.165) is 16.2 Å². The Kier molecular flexibility index (Phi) is 8.88. The van der Waals surface area contributed by atoms with Gasteiger partial charge in [-0.05, 0) is 5.57 Å². The number of β-lactam (4-membered cyclic amide) rings is 1. The van der Waals surface area contributed by atoms with Crippen molar-refractivity contribution in [1.29, 1.82) is 0 Å². The quantitative estimate of drug-likeness (QED) is 0.0852. The van der Waals surface area contributed by atoms with E-state index in [1.54, 1.807) is 0 Å². The molecule has 1 aromatic heterocycles. The van der Waals surface area contributed by atoms with Gasteiger partial charge in [0.1, 0.15) is 22.8 Å². The van der Waals surface area contributed by atoms with Crippen molar-refractivity contribution in [1.82, 2.24) is 21.4 Å². The Labute approximate surface area is 188 Å². The van der Waals surface area contributed by atoms with Crippen LogP contribution in [-0.4, -0.2) is 78.4 Å². The van der Waals surface area contributed by atoms with Gasteiger partial charge in [-0.25, -0.2) is 9.78 Å². The summed E-state index contributed by atoms with van der Waals surface area (Å²) in [5, 5.41) is 24.9. The van der Waals surface area contributed by atoms with Gasteiger partial charge in [-0.1, -0.05) is 17.8 Å². The summed E-state index contributed by atoms with van der Waals surface area (Å²) < 4.78 is 31.6. The van der Waals surface area contributed by atoms with Gasteiger partial charge in [0, 0.05) is 11.1 Å². The molecule has 18 heteroatoms. The van der Waals surface area contributed by atoms with Gasteiger partial charge in [0.2, 0.25) is 0 Å². The normalized spacial score (nSPS) is 20.1. The second-order valence-corrected chi connectivity index (χ2v) is 8.60. The second-order valence-electron chi connectivity index (χ2n) is 5.71. The molecule has 1 saturated heterocycles. The largest absolute Gasteiger partial charge is 0.477 e. The molecular formula is C14H18N6O9S3. The SMILES string of the molecule is C=CC1=C(C(=O)O)N2C(=O)[C@@H](NC(=O)C(=NO)c3csc(N)n3)[C@H]2SC1.N.O=S(=O)(O)O. The fourth-order valence-corrected chi connectivity index (χ4v) is 4.51. The molecule has 15 nitrogen and oxygen atoms in total. The standard InChI is InChI=1S/C14H13N5O5S2.H3N.H2O4S/c1-2-5-3-25-12-8(11(21)19(12)9(5)13(22)23)17-10(20)7(18-24)6-4-26-14(15)16-6;;1-5(2,3)4/h2,4,8,12,24H,1,3H2,(H2,15,16)(H,17,20)(H,22,23);1H3;(H2,1,2,3,4)/t8-,12-;;/m1../s1. The van der Waals surface area contributed by atoms with Gasteiger partial charge in [0.15, 0.2) is 10.8 Å². The Morgan fingerprint density at radius 1 is 1.41 bits per heavy atom. The van der Waals surface area contributed by atoms with E-state index >= 15 is 0 Å². The number of amides is 2. The summed E-state index contributed by atoms with van der Waals surface area (Å²) >= 11 is 2.37. The molecule has 2 aliphatic rings. The van der Waals surface area contributed by atoms with Gasteiger partial charge in [0.25, 0.3) is 11.8 Å². The molecule has 3 rings (SSSR count). The van der Waals surface area contributed by atoms with Crippen LogP contribution < -0.4 is 17.2 Å². The number of nitrogens with two attached hydrogens (primary N) is 1. The third-order valence-electron chi connectivity index (χ3n) is 3.81. The Balaban J connectivity index is 0.000000770. The lowest BCUT2D eigenvalue weighted by Gasteiger charge is -2.49. The minimum Gasteiger partial charge on any atom is -0.477 e. The zero-order valence-electron chi connectivity index (χ0n) is 15.9. The van der Waals surface area contributed by atoms with Crippen LogP contribution in [-0.2, 0) is 24.8 Å². The summed E-state index contributed by atoms with van der Waals surface area (Å²) in [6.07, 6.45) is 1.40. The summed E-state index contributed by atoms with van der Waals surface area (Å²) in [5.41, 5.74) is 5.49. The fraction of sp³-hybridized carbons (Fsp3) is 0.214. The first-order chi connectivity index (χ1) is 14.4. The van der Waals surface area contributed by atoms with E-state index in [-0.39, 0.29) is 28.4 Å². The molecule has 2 amide bonds. The van der Waals surface area contributed by atoms with E-state index in [1.807, 2.05) is 0 Å². The minimum atomic E-state index is -4.67. The zero-order valence-corrected chi connectivity index (χ0v) is 18.4. The lowest BCUT2D eigenvalue weighted by Crippen LogP contribution is -2.71. The summed E-state index contributed by atoms with van der Waals surface area (Å²) in [7, 11) is -4.67. The number of rotatable bonds is 5. The highest BCUT2D eigenvalue weighted by Gasteiger charge is 2.54. The number of allylic oxidation sites excluding steroid dienone is 1. The topological polar surface area (TPSA) is 268 Å². The number of hydrogen-bond donors (Lipinski definition) is 7. The number of fused-ring (bicyclic) bond motifs is 1. The average molecular weight is 511 g/mol. The fourth-order valence-electron chi connectivity index (χ4n) is 2.62. The van der Waals surface area contributed by atoms with Crippen molar-refractivity contribution >= 4 is 62.1 Å². The average Bonchev–Trinajstić information content (AvgIpc) is 3.09. The summed E-state index contributed by atoms with van der Waals surface area (Å²) in [6, 6.07) is -0.944. The number of nitrogens with zero attached hydrogens (tertiary/aromatic N) is 3. The van der Waals surface area contributed by atoms with Gasteiger partial charge in [-0.3, -0.25) is 23.6 Å². The number of thioether (sulfide) groups is 1. The molecule has 0 aliphatic carbocycles. The van der Waals surface area contributed by atoms with Gasteiger partial charge in [0.05, 0.1) is 0 Å². The molecule has 1 aromatic rings. The van der Waals surface area contributed by atoms with Gasteiger partial charge < -0.3 is 27.5 Å². The first-order valence-corrected chi connectivity index (χ1v) is 11.2. The molecule has 0 radical (unpaired) electrons. The van der Waals surface area contributed by atoms with E-state index in [4.69, 9.17) is 28.5 Å². The van der Waals surface area contributed by atoms with Gasteiger partial charge in [-0.2, -0.15) is 8.42 Å². The van der Waals surface area contributed by atoms with Crippen LogP contribution in [0.4, 0.5) is 5.13 Å². The number of carbonyl (C=O) groups is 3. The molecule has 1 fully saturated rings. The molecule has 3 heterocycles. The number of anilines is 1. The van der Waals surface area contributed by atoms with Crippen molar-refractivity contribution in [2.24, 2.45) is 5.16 Å². The van der Waals surface area contributed by atoms with Crippen LogP contribution in [0.2, 0.25) is 0 Å². The summed E-state index contributed by atoms with van der Waals surface area (Å²) in [6.45, 7) is 3.56. The number of aromatic nitrogens is 1. The van der Waals surface area contributed by atoms with E-state index in [1.165, 1.54) is 23.2 Å². The third kappa shape index (κ3) is 6.02. The van der Waals surface area contributed by atoms with E-state index in [2.05, 4.69) is 22.0 Å². The van der Waals surface area contributed by atoms with Crippen LogP contribution in [0.5, 0.6) is 0 Å². The van der Waals surface area contributed by atoms with E-state index in [0.29, 0.717) is 11.3 Å². The molecule has 0 saturated carbocycles. The predicted molar refractivity (Wildman–Crippen MR) is 114 cm³/mol. The van der Waals surface area contributed by atoms with Gasteiger partial charge >= 0.3 is 16.4 Å². The molecule has 0 aromatic carbocycles. The maximum atomic E-state index is 12.4. The molecule has 0 bridgehead atoms. The Morgan fingerprint density at radius 2 is 2.00 bits per heavy atom. The van der Waals surface area contributed by atoms with Crippen molar-refractivity contribution in [3.8, 4) is 0 Å². The third-order valence-corrected chi connectivity index (χ3v) is 5.79. The number of carbonyl (C=O) groups excluding carboxylic acids is 2. The molecule has 2 atom stereocenters. The second kappa shape index (κ2) is 10.5. The maximum Gasteiger partial charge on any atom is 0.394 e. The number of nitrogen functional groups attached to an aromatic ring is 1. The first kappa shape index (κ1) is 27.0. The smallest absolute Gasteiger partial charge is 0.394 e. The number of carboxylic acids is 1. The highest BCUT2D eigenvalue weighted by molar-refractivity contribution is 8.00. The van der Waals surface area contributed by atoms with Crippen molar-refractivity contribution in [2.45, 2.75) is 11.4 Å². The summed E-state index contributed by atoms with van der Waals surface area (Å²) in [4.78, 5) is 41.2. The molecule has 0 unspecified atom stereocenters. The Hall–Kier alpha value is -3.03. The van der Waals surface area contributed by atoms with E-state index in [9.17, 15) is 19.5 Å².